The minimum Gasteiger partial charge on any atom is -0.507 e. The van der Waals surface area contributed by atoms with E-state index in [0.29, 0.717) is 24.7 Å². The van der Waals surface area contributed by atoms with Gasteiger partial charge in [-0.25, -0.2) is 4.98 Å². The molecular formula is C56H69N5O15. The third-order valence-corrected chi connectivity index (χ3v) is 15.1. The molecular weight excluding hydrogens is 983 g/mol. The molecule has 20 nitrogen and oxygen atoms in total. The maximum Gasteiger partial charge on any atom is 0.312 e. The molecule has 1 saturated heterocycles. The van der Waals surface area contributed by atoms with Crippen molar-refractivity contribution in [1.82, 2.24) is 15.2 Å². The molecule has 0 aromatic heterocycles. The minimum absolute atomic E-state index is 0.000768. The summed E-state index contributed by atoms with van der Waals surface area (Å²) in [6, 6.07) is 1.87. The predicted octanol–water partition coefficient (Wildman–Crippen LogP) is 5.70. The second kappa shape index (κ2) is 23.0. The lowest BCUT2D eigenvalue weighted by molar-refractivity contribution is -0.161. The number of amides is 2. The van der Waals surface area contributed by atoms with Gasteiger partial charge in [0.2, 0.25) is 11.3 Å². The van der Waals surface area contributed by atoms with Crippen LogP contribution in [-0.2, 0) is 33.4 Å². The summed E-state index contributed by atoms with van der Waals surface area (Å²) in [4.78, 5) is 101. The van der Waals surface area contributed by atoms with Gasteiger partial charge in [-0.05, 0) is 37.7 Å². The number of hydrogen-bond donors (Lipinski definition) is 6. The molecule has 5 aliphatic heterocycles. The van der Waals surface area contributed by atoms with Crippen LogP contribution in [0.15, 0.2) is 57.5 Å². The largest absolute Gasteiger partial charge is 0.507 e. The second-order valence-electron chi connectivity index (χ2n) is 21.1. The highest BCUT2D eigenvalue weighted by Gasteiger charge is 2.50. The quantitative estimate of drug-likeness (QED) is 0.0365. The summed E-state index contributed by atoms with van der Waals surface area (Å²) >= 11 is 0. The number of aromatic nitrogens is 1. The maximum absolute atomic E-state index is 15.0. The minimum atomic E-state index is -2.12. The number of allylic oxidation sites excluding steroid dienone is 3. The number of aldehydes is 2. The number of aliphatic hydroxyl groups excluding tert-OH is 2. The van der Waals surface area contributed by atoms with Gasteiger partial charge >= 0.3 is 11.8 Å². The van der Waals surface area contributed by atoms with Crippen molar-refractivity contribution in [2.75, 3.05) is 42.9 Å². The van der Waals surface area contributed by atoms with Crippen LogP contribution in [0.3, 0.4) is 0 Å². The topological polar surface area (TPSA) is 285 Å². The number of benzene rings is 3. The fraction of sp³-hybridized carbons (Fsp3) is 0.500. The Morgan fingerprint density at radius 1 is 0.921 bits per heavy atom. The number of anilines is 2. The Hall–Kier alpha value is -7.16. The van der Waals surface area contributed by atoms with E-state index in [2.05, 4.69) is 34.3 Å². The van der Waals surface area contributed by atoms with Crippen LogP contribution < -0.4 is 25.7 Å². The number of ketones is 1. The van der Waals surface area contributed by atoms with Crippen LogP contribution in [0.4, 0.5) is 11.4 Å². The van der Waals surface area contributed by atoms with Crippen LogP contribution in [0.25, 0.3) is 33.3 Å². The molecule has 0 saturated carbocycles. The third-order valence-electron chi connectivity index (χ3n) is 15.1. The number of esters is 1. The molecule has 2 amide bonds. The van der Waals surface area contributed by atoms with E-state index in [-0.39, 0.29) is 74.1 Å². The van der Waals surface area contributed by atoms with E-state index in [1.54, 1.807) is 65.0 Å². The van der Waals surface area contributed by atoms with Crippen molar-refractivity contribution in [3.05, 3.63) is 69.6 Å². The number of carbonyl (C=O) groups is 6. The fourth-order valence-corrected chi connectivity index (χ4v) is 10.2. The summed E-state index contributed by atoms with van der Waals surface area (Å²) in [6.07, 6.45) is 3.60. The highest BCUT2D eigenvalue weighted by Crippen LogP contribution is 2.51. The number of aliphatic hydroxyl groups is 2. The molecule has 2 aromatic rings. The lowest BCUT2D eigenvalue weighted by Gasteiger charge is -2.38. The number of fused-ring (bicyclic) bond motifs is 14. The van der Waals surface area contributed by atoms with Crippen LogP contribution in [0.2, 0.25) is 0 Å². The SMILES string of the molecule is C/C1=C/C=C/[C@H](C)[C@H](O)[C@@H](C)[C@@H](O)[C@@H](C)[C@H](OC(=O)CCC(=O)NC(C=O)C=O)[C@H](C)[C@@H](C)/C=C/O[C@@]2(C)Oc3c(C)c(O)c4c(=O)c(c5oc6cc(N7CCN(CC(C)C)CC7)cc(O)c6nc-5c4c3C2=O)NC1=O. The number of piperazine rings is 1. The number of rotatable bonds is 10. The second-order valence-corrected chi connectivity index (χ2v) is 21.1. The molecule has 20 heteroatoms. The van der Waals surface area contributed by atoms with Crippen LogP contribution in [-0.4, -0.2) is 129 Å². The molecule has 0 radical (unpaired) electrons. The van der Waals surface area contributed by atoms with Gasteiger partial charge in [0.05, 0.1) is 35.8 Å². The van der Waals surface area contributed by atoms with Crippen molar-refractivity contribution in [1.29, 1.82) is 0 Å². The van der Waals surface area contributed by atoms with E-state index < -0.39 is 113 Å². The number of ether oxygens (including phenoxy) is 3. The number of nitrogens with one attached hydrogen (secondary N) is 2. The normalized spacial score (nSPS) is 27.5. The average Bonchev–Trinajstić information content (AvgIpc) is 3.77. The van der Waals surface area contributed by atoms with E-state index >= 15 is 0 Å². The molecule has 1 fully saturated rings. The Bertz CT molecular complexity index is 3040. The molecule has 0 spiro atoms. The molecule has 6 N–H and O–H groups in total. The Morgan fingerprint density at radius 3 is 2.26 bits per heavy atom. The van der Waals surface area contributed by atoms with Gasteiger partial charge in [-0.3, -0.25) is 28.9 Å². The van der Waals surface area contributed by atoms with Crippen molar-refractivity contribution in [2.45, 2.75) is 112 Å². The predicted molar refractivity (Wildman–Crippen MR) is 282 cm³/mol. The van der Waals surface area contributed by atoms with Gasteiger partial charge in [0.15, 0.2) is 11.3 Å². The van der Waals surface area contributed by atoms with Gasteiger partial charge in [0, 0.05) is 98.2 Å². The van der Waals surface area contributed by atoms with Crippen LogP contribution in [0.1, 0.15) is 91.1 Å². The van der Waals surface area contributed by atoms with Gasteiger partial charge in [-0.15, -0.1) is 0 Å². The van der Waals surface area contributed by atoms with Crippen molar-refractivity contribution in [3.63, 3.8) is 0 Å². The number of carbonyl (C=O) groups excluding carboxylic acids is 6. The monoisotopic (exact) mass is 1050 g/mol. The molecule has 0 unspecified atom stereocenters. The van der Waals surface area contributed by atoms with Crippen molar-refractivity contribution in [3.8, 4) is 28.7 Å². The number of Topliss-reactive ketones (excluding diaryl/α,β-unsaturated/α-hetero) is 1. The highest BCUT2D eigenvalue weighted by atomic mass is 16.7. The smallest absolute Gasteiger partial charge is 0.312 e. The molecule has 8 rings (SSSR count). The van der Waals surface area contributed by atoms with E-state index in [1.165, 1.54) is 33.1 Å². The first-order chi connectivity index (χ1) is 35.9. The van der Waals surface area contributed by atoms with Crippen molar-refractivity contribution >= 4 is 69.4 Å². The molecule has 1 aliphatic carbocycles. The first-order valence-corrected chi connectivity index (χ1v) is 25.7. The first kappa shape index (κ1) is 56.6. The van der Waals surface area contributed by atoms with Crippen molar-refractivity contribution in [2.24, 2.45) is 35.5 Å². The average molecular weight is 1050 g/mol. The number of nitrogens with zero attached hydrogens (tertiary/aromatic N) is 3. The molecule has 5 bridgehead atoms. The fourth-order valence-electron chi connectivity index (χ4n) is 10.2. The molecule has 6 aliphatic rings. The Balaban J connectivity index is 1.34. The lowest BCUT2D eigenvalue weighted by atomic mass is 9.77. The lowest BCUT2D eigenvalue weighted by Crippen LogP contribution is -2.47. The van der Waals surface area contributed by atoms with Crippen molar-refractivity contribution < 1.29 is 67.8 Å². The highest BCUT2D eigenvalue weighted by molar-refractivity contribution is 6.22. The number of phenolic OH excluding ortho intramolecular Hbond substituents is 2. The third kappa shape index (κ3) is 11.3. The van der Waals surface area contributed by atoms with E-state index in [1.807, 2.05) is 0 Å². The Kier molecular flexibility index (Phi) is 17.1. The van der Waals surface area contributed by atoms with Gasteiger partial charge < -0.3 is 64.2 Å². The van der Waals surface area contributed by atoms with Gasteiger partial charge in [-0.1, -0.05) is 66.7 Å². The Morgan fingerprint density at radius 2 is 1.61 bits per heavy atom. The number of aromatic hydroxyl groups is 2. The van der Waals surface area contributed by atoms with Gasteiger partial charge in [0.1, 0.15) is 58.9 Å². The molecule has 2 aromatic carbocycles. The summed E-state index contributed by atoms with van der Waals surface area (Å²) < 4.78 is 24.9. The van der Waals surface area contributed by atoms with E-state index in [0.717, 1.165) is 19.6 Å². The summed E-state index contributed by atoms with van der Waals surface area (Å²) in [5.74, 6) is -9.34. The van der Waals surface area contributed by atoms with E-state index in [4.69, 9.17) is 23.6 Å². The van der Waals surface area contributed by atoms with Gasteiger partial charge in [-0.2, -0.15) is 0 Å². The first-order valence-electron chi connectivity index (χ1n) is 25.7. The zero-order chi connectivity index (χ0) is 55.7. The molecule has 408 valence electrons. The maximum atomic E-state index is 15.0. The summed E-state index contributed by atoms with van der Waals surface area (Å²) in [7, 11) is 0. The Labute approximate surface area is 440 Å². The zero-order valence-electron chi connectivity index (χ0n) is 44.5. The molecule has 9 atom stereocenters. The molecule has 76 heavy (non-hydrogen) atoms. The summed E-state index contributed by atoms with van der Waals surface area (Å²) in [5.41, 5.74) is -0.889. The number of phenols is 2. The zero-order valence-corrected chi connectivity index (χ0v) is 44.5. The van der Waals surface area contributed by atoms with E-state index in [9.17, 15) is 54.0 Å². The van der Waals surface area contributed by atoms with Crippen LogP contribution >= 0.6 is 0 Å². The standard InChI is InChI=1S/C56H69N5O15/c1-27(2)24-60-17-19-61(20-18-60)36-22-37(64)44-38(23-36)74-53-45(58-44)41-42-49(69)34(9)52-43(41)54(71)56(10,76-52)73-21-16-28(3)31(6)51(75-40(66)15-14-39(65)57-35(25-62)26-63)33(8)48(68)32(7)47(67)29(4)12-11-13-30(5)55(72)59-46(53)50(42)70/h11-13,16,21-23,25-29,31-33,35,47-48,51,64,67-69H,14-15,17-20,24H2,1-10H3,(H,57,65)(H,59,72)/b12-11+,21-16+,30-13-/t28-,29-,31+,32+,33+,47-,48+,51+,56-/m0/s1. The summed E-state index contributed by atoms with van der Waals surface area (Å²) in [6.45, 7) is 21.0. The number of hydrogen-bond acceptors (Lipinski definition) is 18. The molecule has 5 heterocycles. The van der Waals surface area contributed by atoms with Crippen LogP contribution in [0, 0.1) is 42.4 Å². The van der Waals surface area contributed by atoms with Gasteiger partial charge in [0.25, 0.3) is 11.7 Å². The summed E-state index contributed by atoms with van der Waals surface area (Å²) in [5, 5.41) is 51.3. The van der Waals surface area contributed by atoms with Crippen LogP contribution in [0.5, 0.6) is 17.2 Å².